The fourth-order valence-corrected chi connectivity index (χ4v) is 6.38. The Bertz CT molecular complexity index is 1600. The molecule has 5 rings (SSSR count). The molecule has 3 N–H and O–H groups in total. The van der Waals surface area contributed by atoms with Crippen LogP contribution in [-0.2, 0) is 14.8 Å². The largest absolute Gasteiger partial charge is 0.497 e. The second-order valence-electron chi connectivity index (χ2n) is 8.94. The van der Waals surface area contributed by atoms with Crippen LogP contribution in [0.3, 0.4) is 0 Å². The Morgan fingerprint density at radius 2 is 1.81 bits per heavy atom. The second kappa shape index (κ2) is 10.3. The smallest absolute Gasteiger partial charge is 0.272 e. The SMILES string of the molecule is COc1ccc(S(=O)(=O)Nc2cc(-c3ccc4nc(NC(=O)C5CCCCC5)sc4c3)c[nH]c2=O)cc1. The molecule has 0 bridgehead atoms. The van der Waals surface area contributed by atoms with Crippen molar-refractivity contribution in [2.24, 2.45) is 5.92 Å². The first-order valence-electron chi connectivity index (χ1n) is 11.9. The summed E-state index contributed by atoms with van der Waals surface area (Å²) in [5, 5.41) is 3.51. The van der Waals surface area contributed by atoms with E-state index in [-0.39, 0.29) is 22.4 Å². The number of nitrogens with one attached hydrogen (secondary N) is 3. The number of amides is 1. The van der Waals surface area contributed by atoms with Crippen LogP contribution in [0.1, 0.15) is 32.1 Å². The quantitative estimate of drug-likeness (QED) is 0.304. The number of carbonyl (C=O) groups is 1. The van der Waals surface area contributed by atoms with Gasteiger partial charge in [-0.1, -0.05) is 36.7 Å². The lowest BCUT2D eigenvalue weighted by Gasteiger charge is -2.19. The molecule has 9 nitrogen and oxygen atoms in total. The fourth-order valence-electron chi connectivity index (χ4n) is 4.41. The molecule has 1 aliphatic carbocycles. The number of H-pyrrole nitrogens is 1. The number of sulfonamides is 1. The summed E-state index contributed by atoms with van der Waals surface area (Å²) in [6, 6.07) is 12.9. The van der Waals surface area contributed by atoms with Gasteiger partial charge in [-0.25, -0.2) is 13.4 Å². The summed E-state index contributed by atoms with van der Waals surface area (Å²) >= 11 is 1.38. The predicted octanol–water partition coefficient (Wildman–Crippen LogP) is 4.98. The zero-order chi connectivity index (χ0) is 26.0. The Labute approximate surface area is 218 Å². The molecule has 0 aliphatic heterocycles. The van der Waals surface area contributed by atoms with E-state index in [1.807, 2.05) is 18.2 Å². The minimum absolute atomic E-state index is 0.00647. The lowest BCUT2D eigenvalue weighted by Crippen LogP contribution is -2.24. The number of aromatic amines is 1. The minimum atomic E-state index is -3.99. The van der Waals surface area contributed by atoms with Gasteiger partial charge in [0.05, 0.1) is 22.2 Å². The summed E-state index contributed by atoms with van der Waals surface area (Å²) in [6.07, 6.45) is 6.71. The third-order valence-corrected chi connectivity index (χ3v) is 8.76. The molecule has 1 aliphatic rings. The maximum absolute atomic E-state index is 12.8. The number of pyridine rings is 1. The maximum Gasteiger partial charge on any atom is 0.272 e. The van der Waals surface area contributed by atoms with Crippen molar-refractivity contribution in [3.63, 3.8) is 0 Å². The molecule has 1 fully saturated rings. The van der Waals surface area contributed by atoms with E-state index < -0.39 is 15.6 Å². The number of methoxy groups -OCH3 is 1. The van der Waals surface area contributed by atoms with E-state index in [2.05, 4.69) is 20.0 Å². The molecule has 0 atom stereocenters. The average Bonchev–Trinajstić information content (AvgIpc) is 3.32. The van der Waals surface area contributed by atoms with Crippen LogP contribution >= 0.6 is 11.3 Å². The van der Waals surface area contributed by atoms with E-state index in [9.17, 15) is 18.0 Å². The van der Waals surface area contributed by atoms with Crippen LogP contribution in [0.4, 0.5) is 10.8 Å². The van der Waals surface area contributed by atoms with Gasteiger partial charge in [0.15, 0.2) is 5.13 Å². The van der Waals surface area contributed by atoms with E-state index in [0.29, 0.717) is 16.4 Å². The number of rotatable bonds is 7. The van der Waals surface area contributed by atoms with Crippen LogP contribution in [-0.4, -0.2) is 31.4 Å². The molecule has 1 saturated carbocycles. The highest BCUT2D eigenvalue weighted by Crippen LogP contribution is 2.32. The number of fused-ring (bicyclic) bond motifs is 1. The van der Waals surface area contributed by atoms with Crippen LogP contribution in [0.5, 0.6) is 5.75 Å². The van der Waals surface area contributed by atoms with E-state index in [1.54, 1.807) is 0 Å². The van der Waals surface area contributed by atoms with E-state index in [1.165, 1.54) is 61.4 Å². The Hall–Kier alpha value is -3.70. The number of hydrogen-bond donors (Lipinski definition) is 3. The molecule has 1 amide bonds. The highest BCUT2D eigenvalue weighted by atomic mass is 32.2. The first-order chi connectivity index (χ1) is 17.8. The van der Waals surface area contributed by atoms with Crippen molar-refractivity contribution in [2.75, 3.05) is 17.1 Å². The topological polar surface area (TPSA) is 130 Å². The molecule has 192 valence electrons. The molecule has 0 saturated heterocycles. The van der Waals surface area contributed by atoms with Gasteiger partial charge in [0.25, 0.3) is 15.6 Å². The number of benzene rings is 2. The number of nitrogens with zero attached hydrogens (tertiary/aromatic N) is 1. The van der Waals surface area contributed by atoms with Gasteiger partial charge < -0.3 is 15.0 Å². The molecule has 37 heavy (non-hydrogen) atoms. The third-order valence-electron chi connectivity index (χ3n) is 6.45. The Kier molecular flexibility index (Phi) is 6.98. The molecule has 0 spiro atoms. The van der Waals surface area contributed by atoms with Crippen molar-refractivity contribution in [3.05, 3.63) is 65.1 Å². The monoisotopic (exact) mass is 538 g/mol. The number of anilines is 2. The summed E-state index contributed by atoms with van der Waals surface area (Å²) in [5.74, 6) is 0.583. The summed E-state index contributed by atoms with van der Waals surface area (Å²) < 4.78 is 34.0. The van der Waals surface area contributed by atoms with Crippen molar-refractivity contribution < 1.29 is 17.9 Å². The lowest BCUT2D eigenvalue weighted by molar-refractivity contribution is -0.120. The number of aromatic nitrogens is 2. The van der Waals surface area contributed by atoms with Gasteiger partial charge in [-0.15, -0.1) is 0 Å². The molecule has 11 heteroatoms. The summed E-state index contributed by atoms with van der Waals surface area (Å²) in [4.78, 5) is 32.2. The number of ether oxygens (including phenoxy) is 1. The van der Waals surface area contributed by atoms with Crippen LogP contribution in [0.15, 0.2) is 64.4 Å². The molecule has 0 radical (unpaired) electrons. The molecule has 2 aromatic carbocycles. The van der Waals surface area contributed by atoms with Gasteiger partial charge in [0.2, 0.25) is 5.91 Å². The normalized spacial score (nSPS) is 14.4. The summed E-state index contributed by atoms with van der Waals surface area (Å²) in [5.41, 5.74) is 1.47. The standard InChI is InChI=1S/C26H26N4O5S2/c1-35-19-8-10-20(11-9-19)37(33,34)30-22-13-18(15-27-25(22)32)17-7-12-21-23(14-17)36-26(28-21)29-24(31)16-5-3-2-4-6-16/h7-16,30H,2-6H2,1H3,(H,27,32)(H,28,29,31). The van der Waals surface area contributed by atoms with Gasteiger partial charge >= 0.3 is 0 Å². The number of thiazole rings is 1. The first-order valence-corrected chi connectivity index (χ1v) is 14.2. The van der Waals surface area contributed by atoms with E-state index in [0.717, 1.165) is 41.5 Å². The van der Waals surface area contributed by atoms with Crippen molar-refractivity contribution in [3.8, 4) is 16.9 Å². The highest BCUT2D eigenvalue weighted by molar-refractivity contribution is 7.92. The second-order valence-corrected chi connectivity index (χ2v) is 11.7. The summed E-state index contributed by atoms with van der Waals surface area (Å²) in [7, 11) is -2.49. The first kappa shape index (κ1) is 25.0. The van der Waals surface area contributed by atoms with Crippen molar-refractivity contribution in [1.29, 1.82) is 0 Å². The molecule has 2 aromatic heterocycles. The van der Waals surface area contributed by atoms with Gasteiger partial charge in [0, 0.05) is 17.7 Å². The predicted molar refractivity (Wildman–Crippen MR) is 145 cm³/mol. The number of hydrogen-bond acceptors (Lipinski definition) is 7. The van der Waals surface area contributed by atoms with Crippen molar-refractivity contribution in [1.82, 2.24) is 9.97 Å². The van der Waals surface area contributed by atoms with Crippen LogP contribution in [0.2, 0.25) is 0 Å². The molecule has 2 heterocycles. The maximum atomic E-state index is 12.8. The van der Waals surface area contributed by atoms with E-state index in [4.69, 9.17) is 4.74 Å². The van der Waals surface area contributed by atoms with Gasteiger partial charge in [-0.2, -0.15) is 0 Å². The lowest BCUT2D eigenvalue weighted by atomic mass is 9.89. The Balaban J connectivity index is 1.37. The molecule has 0 unspecified atom stereocenters. The summed E-state index contributed by atoms with van der Waals surface area (Å²) in [6.45, 7) is 0. The minimum Gasteiger partial charge on any atom is -0.497 e. The average molecular weight is 539 g/mol. The van der Waals surface area contributed by atoms with Crippen LogP contribution in [0.25, 0.3) is 21.3 Å². The zero-order valence-electron chi connectivity index (χ0n) is 20.1. The Morgan fingerprint density at radius 3 is 2.54 bits per heavy atom. The third kappa shape index (κ3) is 5.52. The zero-order valence-corrected chi connectivity index (χ0v) is 21.7. The van der Waals surface area contributed by atoms with Crippen molar-refractivity contribution >= 4 is 48.3 Å². The van der Waals surface area contributed by atoms with E-state index >= 15 is 0 Å². The molecule has 4 aromatic rings. The Morgan fingerprint density at radius 1 is 1.05 bits per heavy atom. The number of carbonyl (C=O) groups excluding carboxylic acids is 1. The van der Waals surface area contributed by atoms with Crippen LogP contribution in [0, 0.1) is 5.92 Å². The fraction of sp³-hybridized carbons (Fsp3) is 0.269. The van der Waals surface area contributed by atoms with Crippen LogP contribution < -0.4 is 20.3 Å². The van der Waals surface area contributed by atoms with Gasteiger partial charge in [-0.05, 0) is 60.9 Å². The molecular weight excluding hydrogens is 512 g/mol. The molecular formula is C26H26N4O5S2. The highest BCUT2D eigenvalue weighted by Gasteiger charge is 2.22. The van der Waals surface area contributed by atoms with Crippen molar-refractivity contribution in [2.45, 2.75) is 37.0 Å². The van der Waals surface area contributed by atoms with Gasteiger partial charge in [-0.3, -0.25) is 14.3 Å². The van der Waals surface area contributed by atoms with Gasteiger partial charge in [0.1, 0.15) is 11.4 Å².